The number of hydrogen-bond acceptors (Lipinski definition) is 2. The summed E-state index contributed by atoms with van der Waals surface area (Å²) in [5.41, 5.74) is 7.22. The first-order valence-corrected chi connectivity index (χ1v) is 8.01. The molecule has 4 bridgehead atoms. The Morgan fingerprint density at radius 2 is 1.70 bits per heavy atom. The molecule has 1 aromatic rings. The third kappa shape index (κ3) is 1.85. The van der Waals surface area contributed by atoms with E-state index in [4.69, 9.17) is 17.3 Å². The van der Waals surface area contributed by atoms with Crippen molar-refractivity contribution in [1.82, 2.24) is 0 Å². The molecular weight excluding hydrogens is 270 g/mol. The van der Waals surface area contributed by atoms with Crippen LogP contribution in [0.3, 0.4) is 0 Å². The zero-order valence-electron chi connectivity index (χ0n) is 11.5. The van der Waals surface area contributed by atoms with Gasteiger partial charge in [0.05, 0.1) is 0 Å². The van der Waals surface area contributed by atoms with E-state index in [1.54, 1.807) is 12.1 Å². The molecule has 4 aliphatic carbocycles. The smallest absolute Gasteiger partial charge is 0.168 e. The monoisotopic (exact) mass is 289 g/mol. The summed E-state index contributed by atoms with van der Waals surface area (Å²) >= 11 is 5.91. The fourth-order valence-corrected chi connectivity index (χ4v) is 5.50. The molecule has 106 valence electrons. The van der Waals surface area contributed by atoms with Gasteiger partial charge in [-0.1, -0.05) is 11.6 Å². The predicted molar refractivity (Wildman–Crippen MR) is 79.7 cm³/mol. The van der Waals surface area contributed by atoms with Gasteiger partial charge in [-0.15, -0.1) is 0 Å². The topological polar surface area (TPSA) is 43.1 Å². The van der Waals surface area contributed by atoms with E-state index in [1.165, 1.54) is 19.3 Å². The molecule has 2 N–H and O–H groups in total. The average molecular weight is 290 g/mol. The van der Waals surface area contributed by atoms with Crippen LogP contribution in [0.5, 0.6) is 0 Å². The molecule has 20 heavy (non-hydrogen) atoms. The standard InChI is InChI=1S/C17H20ClNO/c18-14-3-1-12(2-4-14)16(20)15-13-6-10-5-11(7-13)9-17(15,19)8-10/h1-4,10-11,13,15H,5-9,19H2. The fourth-order valence-electron chi connectivity index (χ4n) is 5.37. The van der Waals surface area contributed by atoms with Gasteiger partial charge in [-0.25, -0.2) is 0 Å². The zero-order valence-corrected chi connectivity index (χ0v) is 12.3. The quantitative estimate of drug-likeness (QED) is 0.844. The minimum absolute atomic E-state index is 0.0245. The lowest BCUT2D eigenvalue weighted by Gasteiger charge is -2.59. The molecule has 4 aliphatic rings. The first-order valence-electron chi connectivity index (χ1n) is 7.64. The van der Waals surface area contributed by atoms with Crippen molar-refractivity contribution in [2.75, 3.05) is 0 Å². The first-order chi connectivity index (χ1) is 9.55. The van der Waals surface area contributed by atoms with Crippen molar-refractivity contribution < 1.29 is 4.79 Å². The zero-order chi connectivity index (χ0) is 13.9. The molecule has 0 amide bonds. The number of hydrogen-bond donors (Lipinski definition) is 1. The second kappa shape index (κ2) is 4.32. The number of rotatable bonds is 2. The minimum atomic E-state index is -0.245. The molecule has 3 unspecified atom stereocenters. The molecule has 2 nitrogen and oxygen atoms in total. The highest BCUT2D eigenvalue weighted by atomic mass is 35.5. The second-order valence-electron chi connectivity index (χ2n) is 7.19. The first kappa shape index (κ1) is 12.8. The maximum atomic E-state index is 12.9. The summed E-state index contributed by atoms with van der Waals surface area (Å²) in [5.74, 6) is 2.32. The number of ketones is 1. The molecule has 3 atom stereocenters. The molecular formula is C17H20ClNO. The number of Topliss-reactive ketones (excluding diaryl/α,β-unsaturated/α-hetero) is 1. The lowest BCUT2D eigenvalue weighted by atomic mass is 9.47. The van der Waals surface area contributed by atoms with Crippen molar-refractivity contribution >= 4 is 17.4 Å². The Bertz CT molecular complexity index is 539. The summed E-state index contributed by atoms with van der Waals surface area (Å²) in [5, 5.41) is 0.675. The van der Waals surface area contributed by atoms with E-state index in [0.717, 1.165) is 30.2 Å². The van der Waals surface area contributed by atoms with E-state index in [0.29, 0.717) is 10.9 Å². The number of halogens is 1. The Balaban J connectivity index is 1.67. The summed E-state index contributed by atoms with van der Waals surface area (Å²) in [6.07, 6.45) is 5.85. The SMILES string of the molecule is NC12CC3CC(CC(C3)C1C(=O)c1ccc(Cl)cc1)C2. The van der Waals surface area contributed by atoms with Crippen molar-refractivity contribution in [1.29, 1.82) is 0 Å². The van der Waals surface area contributed by atoms with Crippen LogP contribution < -0.4 is 5.73 Å². The molecule has 0 saturated heterocycles. The molecule has 1 aromatic carbocycles. The number of carbonyl (C=O) groups is 1. The Hall–Kier alpha value is -0.860. The van der Waals surface area contributed by atoms with Crippen molar-refractivity contribution in [3.63, 3.8) is 0 Å². The maximum absolute atomic E-state index is 12.9. The lowest BCUT2D eigenvalue weighted by Crippen LogP contribution is -2.64. The van der Waals surface area contributed by atoms with Crippen molar-refractivity contribution in [2.45, 2.75) is 37.6 Å². The lowest BCUT2D eigenvalue weighted by molar-refractivity contribution is -0.0421. The summed E-state index contributed by atoms with van der Waals surface area (Å²) in [6, 6.07) is 7.29. The Kier molecular flexibility index (Phi) is 2.77. The molecule has 5 rings (SSSR count). The van der Waals surface area contributed by atoms with Crippen LogP contribution >= 0.6 is 11.6 Å². The Labute approximate surface area is 124 Å². The van der Waals surface area contributed by atoms with Crippen molar-refractivity contribution in [2.24, 2.45) is 29.4 Å². The van der Waals surface area contributed by atoms with Gasteiger partial charge in [0.2, 0.25) is 0 Å². The molecule has 0 spiro atoms. The van der Waals surface area contributed by atoms with E-state index >= 15 is 0 Å². The van der Waals surface area contributed by atoms with Crippen LogP contribution in [0.4, 0.5) is 0 Å². The molecule has 4 saturated carbocycles. The van der Waals surface area contributed by atoms with Gasteiger partial charge in [0.25, 0.3) is 0 Å². The summed E-state index contributed by atoms with van der Waals surface area (Å²) < 4.78 is 0. The normalized spacial score (nSPS) is 41.9. The summed E-state index contributed by atoms with van der Waals surface area (Å²) in [7, 11) is 0. The van der Waals surface area contributed by atoms with Crippen LogP contribution in [0, 0.1) is 23.7 Å². The van der Waals surface area contributed by atoms with Gasteiger partial charge in [0.1, 0.15) is 0 Å². The summed E-state index contributed by atoms with van der Waals surface area (Å²) in [4.78, 5) is 12.9. The van der Waals surface area contributed by atoms with Crippen LogP contribution in [0.2, 0.25) is 5.02 Å². The molecule has 0 aromatic heterocycles. The van der Waals surface area contributed by atoms with Gasteiger partial charge in [0.15, 0.2) is 5.78 Å². The maximum Gasteiger partial charge on any atom is 0.168 e. The van der Waals surface area contributed by atoms with Gasteiger partial charge < -0.3 is 5.73 Å². The van der Waals surface area contributed by atoms with Crippen LogP contribution in [0.1, 0.15) is 42.5 Å². The van der Waals surface area contributed by atoms with Crippen LogP contribution in [0.25, 0.3) is 0 Å². The van der Waals surface area contributed by atoms with E-state index in [9.17, 15) is 4.79 Å². The highest BCUT2D eigenvalue weighted by Gasteiger charge is 2.57. The second-order valence-corrected chi connectivity index (χ2v) is 7.63. The van der Waals surface area contributed by atoms with Gasteiger partial charge >= 0.3 is 0 Å². The van der Waals surface area contributed by atoms with E-state index in [-0.39, 0.29) is 17.2 Å². The van der Waals surface area contributed by atoms with Crippen LogP contribution in [-0.4, -0.2) is 11.3 Å². The molecule has 3 heteroatoms. The molecule has 0 radical (unpaired) electrons. The fraction of sp³-hybridized carbons (Fsp3) is 0.588. The summed E-state index contributed by atoms with van der Waals surface area (Å²) in [6.45, 7) is 0. The average Bonchev–Trinajstić information content (AvgIpc) is 2.36. The van der Waals surface area contributed by atoms with Crippen molar-refractivity contribution in [3.8, 4) is 0 Å². The van der Waals surface area contributed by atoms with Crippen LogP contribution in [0.15, 0.2) is 24.3 Å². The van der Waals surface area contributed by atoms with E-state index in [2.05, 4.69) is 0 Å². The molecule has 4 fully saturated rings. The minimum Gasteiger partial charge on any atom is -0.324 e. The largest absolute Gasteiger partial charge is 0.324 e. The van der Waals surface area contributed by atoms with Gasteiger partial charge in [-0.2, -0.15) is 0 Å². The number of carbonyl (C=O) groups excluding carboxylic acids is 1. The van der Waals surface area contributed by atoms with Gasteiger partial charge in [0, 0.05) is 22.0 Å². The van der Waals surface area contributed by atoms with Gasteiger partial charge in [-0.3, -0.25) is 4.79 Å². The van der Waals surface area contributed by atoms with Gasteiger partial charge in [-0.05, 0) is 74.1 Å². The van der Waals surface area contributed by atoms with E-state index in [1.807, 2.05) is 12.1 Å². The van der Waals surface area contributed by atoms with Crippen LogP contribution in [-0.2, 0) is 0 Å². The highest BCUT2D eigenvalue weighted by Crippen LogP contribution is 2.58. The highest BCUT2D eigenvalue weighted by molar-refractivity contribution is 6.30. The molecule has 0 heterocycles. The Morgan fingerprint density at radius 3 is 2.25 bits per heavy atom. The third-order valence-corrected chi connectivity index (χ3v) is 6.03. The van der Waals surface area contributed by atoms with Crippen molar-refractivity contribution in [3.05, 3.63) is 34.9 Å². The Morgan fingerprint density at radius 1 is 1.10 bits per heavy atom. The number of benzene rings is 1. The van der Waals surface area contributed by atoms with E-state index < -0.39 is 0 Å². The predicted octanol–water partition coefficient (Wildman–Crippen LogP) is 3.68. The molecule has 0 aliphatic heterocycles. The third-order valence-electron chi connectivity index (χ3n) is 5.78. The number of nitrogens with two attached hydrogens (primary N) is 1.